The van der Waals surface area contributed by atoms with Crippen LogP contribution in [0.1, 0.15) is 13.3 Å². The summed E-state index contributed by atoms with van der Waals surface area (Å²) in [6, 6.07) is 11.2. The molecule has 1 amide bonds. The molecule has 0 fully saturated rings. The van der Waals surface area contributed by atoms with E-state index < -0.39 is 9.84 Å². The minimum atomic E-state index is -3.64. The number of sulfone groups is 1. The largest absolute Gasteiger partial charge is 0.494 e. The zero-order valence-electron chi connectivity index (χ0n) is 15.5. The second kappa shape index (κ2) is 9.27. The van der Waals surface area contributed by atoms with Crippen LogP contribution >= 0.6 is 0 Å². The molecule has 0 aromatic heterocycles. The number of carbonyl (C=O) groups excluding carboxylic acids is 1. The van der Waals surface area contributed by atoms with Crippen LogP contribution in [0.3, 0.4) is 0 Å². The zero-order valence-corrected chi connectivity index (χ0v) is 16.3. The topological polar surface area (TPSA) is 90.9 Å². The van der Waals surface area contributed by atoms with Gasteiger partial charge >= 0.3 is 0 Å². The molecule has 0 aliphatic heterocycles. The van der Waals surface area contributed by atoms with E-state index >= 15 is 0 Å². The maximum absolute atomic E-state index is 12.5. The van der Waals surface area contributed by atoms with E-state index in [1.54, 1.807) is 24.3 Å². The van der Waals surface area contributed by atoms with Gasteiger partial charge in [-0.15, -0.1) is 0 Å². The number of benzene rings is 2. The second-order valence-electron chi connectivity index (χ2n) is 5.59. The lowest BCUT2D eigenvalue weighted by atomic mass is 10.3. The van der Waals surface area contributed by atoms with E-state index in [9.17, 15) is 13.2 Å². The van der Waals surface area contributed by atoms with Gasteiger partial charge in [-0.2, -0.15) is 0 Å². The van der Waals surface area contributed by atoms with Crippen molar-refractivity contribution in [1.29, 1.82) is 0 Å². The maximum Gasteiger partial charge on any atom is 0.225 e. The molecule has 146 valence electrons. The summed E-state index contributed by atoms with van der Waals surface area (Å²) in [4.78, 5) is 12.2. The second-order valence-corrected chi connectivity index (χ2v) is 7.70. The van der Waals surface area contributed by atoms with Gasteiger partial charge in [-0.3, -0.25) is 4.79 Å². The highest BCUT2D eigenvalue weighted by Gasteiger charge is 2.19. The molecular weight excluding hydrogens is 370 g/mol. The van der Waals surface area contributed by atoms with Crippen LogP contribution in [0.5, 0.6) is 17.2 Å². The third kappa shape index (κ3) is 5.62. The van der Waals surface area contributed by atoms with Gasteiger partial charge in [0, 0.05) is 18.2 Å². The molecule has 0 saturated carbocycles. The predicted molar refractivity (Wildman–Crippen MR) is 102 cm³/mol. The Morgan fingerprint density at radius 2 is 1.67 bits per heavy atom. The molecular formula is C19H23NO6S. The van der Waals surface area contributed by atoms with E-state index in [0.717, 1.165) is 0 Å². The van der Waals surface area contributed by atoms with E-state index in [1.165, 1.54) is 32.4 Å². The molecule has 27 heavy (non-hydrogen) atoms. The van der Waals surface area contributed by atoms with Crippen molar-refractivity contribution in [2.45, 2.75) is 18.2 Å². The van der Waals surface area contributed by atoms with Gasteiger partial charge in [0.05, 0.1) is 31.5 Å². The van der Waals surface area contributed by atoms with E-state index in [4.69, 9.17) is 14.2 Å². The van der Waals surface area contributed by atoms with Crippen LogP contribution in [-0.2, 0) is 14.6 Å². The summed E-state index contributed by atoms with van der Waals surface area (Å²) in [7, 11) is -0.737. The predicted octanol–water partition coefficient (Wildman–Crippen LogP) is 2.91. The van der Waals surface area contributed by atoms with Crippen molar-refractivity contribution in [3.05, 3.63) is 42.5 Å². The Labute approximate surface area is 159 Å². The SMILES string of the molecule is CCOc1ccc(NC(=O)CCS(=O)(=O)c2ccc(OC)c(OC)c2)cc1. The Bertz CT molecular complexity index is 878. The molecule has 8 heteroatoms. The molecule has 0 aliphatic rings. The normalized spacial score (nSPS) is 10.9. The highest BCUT2D eigenvalue weighted by atomic mass is 32.2. The van der Waals surface area contributed by atoms with Crippen molar-refractivity contribution in [3.8, 4) is 17.2 Å². The molecule has 2 rings (SSSR count). The van der Waals surface area contributed by atoms with Crippen molar-refractivity contribution in [1.82, 2.24) is 0 Å². The average Bonchev–Trinajstić information content (AvgIpc) is 2.67. The van der Waals surface area contributed by atoms with Crippen LogP contribution in [-0.4, -0.2) is 40.9 Å². The van der Waals surface area contributed by atoms with Gasteiger partial charge in [-0.25, -0.2) is 8.42 Å². The van der Waals surface area contributed by atoms with Gasteiger partial charge in [0.2, 0.25) is 5.91 Å². The summed E-state index contributed by atoms with van der Waals surface area (Å²) in [5, 5.41) is 2.67. The monoisotopic (exact) mass is 393 g/mol. The summed E-state index contributed by atoms with van der Waals surface area (Å²) in [6.07, 6.45) is -0.163. The molecule has 7 nitrogen and oxygen atoms in total. The van der Waals surface area contributed by atoms with E-state index in [-0.39, 0.29) is 23.0 Å². The third-order valence-corrected chi connectivity index (χ3v) is 5.47. The van der Waals surface area contributed by atoms with Crippen LogP contribution in [0.4, 0.5) is 5.69 Å². The number of hydrogen-bond acceptors (Lipinski definition) is 6. The molecule has 0 saturated heterocycles. The minimum Gasteiger partial charge on any atom is -0.494 e. The van der Waals surface area contributed by atoms with Crippen molar-refractivity contribution >= 4 is 21.4 Å². The molecule has 0 bridgehead atoms. The number of rotatable bonds is 9. The van der Waals surface area contributed by atoms with Gasteiger partial charge in [0.15, 0.2) is 21.3 Å². The Kier molecular flexibility index (Phi) is 7.06. The summed E-state index contributed by atoms with van der Waals surface area (Å²) >= 11 is 0. The lowest BCUT2D eigenvalue weighted by Crippen LogP contribution is -2.17. The first-order valence-corrected chi connectivity index (χ1v) is 10.0. The number of nitrogens with one attached hydrogen (secondary N) is 1. The molecule has 0 spiro atoms. The highest BCUT2D eigenvalue weighted by Crippen LogP contribution is 2.30. The van der Waals surface area contributed by atoms with Crippen LogP contribution in [0.25, 0.3) is 0 Å². The molecule has 0 aliphatic carbocycles. The summed E-state index contributed by atoms with van der Waals surface area (Å²) in [5.74, 6) is 0.752. The van der Waals surface area contributed by atoms with Gasteiger partial charge in [-0.05, 0) is 43.3 Å². The number of amides is 1. The van der Waals surface area contributed by atoms with E-state index in [0.29, 0.717) is 29.5 Å². The fraction of sp³-hybridized carbons (Fsp3) is 0.316. The lowest BCUT2D eigenvalue weighted by Gasteiger charge is -2.10. The van der Waals surface area contributed by atoms with Crippen molar-refractivity contribution in [2.75, 3.05) is 31.9 Å². The molecule has 0 unspecified atom stereocenters. The number of anilines is 1. The van der Waals surface area contributed by atoms with Crippen molar-refractivity contribution < 1.29 is 27.4 Å². The molecule has 0 radical (unpaired) electrons. The van der Waals surface area contributed by atoms with Crippen molar-refractivity contribution in [2.24, 2.45) is 0 Å². The number of methoxy groups -OCH3 is 2. The first-order valence-electron chi connectivity index (χ1n) is 8.37. The Morgan fingerprint density at radius 1 is 1.00 bits per heavy atom. The zero-order chi connectivity index (χ0) is 19.9. The van der Waals surface area contributed by atoms with Gasteiger partial charge in [-0.1, -0.05) is 0 Å². The summed E-state index contributed by atoms with van der Waals surface area (Å²) in [6.45, 7) is 2.44. The highest BCUT2D eigenvalue weighted by molar-refractivity contribution is 7.91. The first kappa shape index (κ1) is 20.6. The minimum absolute atomic E-state index is 0.0778. The lowest BCUT2D eigenvalue weighted by molar-refractivity contribution is -0.115. The molecule has 0 heterocycles. The van der Waals surface area contributed by atoms with Gasteiger partial charge in [0.1, 0.15) is 5.75 Å². The van der Waals surface area contributed by atoms with Crippen LogP contribution in [0.2, 0.25) is 0 Å². The third-order valence-electron chi connectivity index (χ3n) is 3.76. The number of hydrogen-bond donors (Lipinski definition) is 1. The standard InChI is InChI=1S/C19H23NO6S/c1-4-26-15-7-5-14(6-8-15)20-19(21)11-12-27(22,23)16-9-10-17(24-2)18(13-16)25-3/h5-10,13H,4,11-12H2,1-3H3,(H,20,21). The van der Waals surface area contributed by atoms with E-state index in [2.05, 4.69) is 5.32 Å². The smallest absolute Gasteiger partial charge is 0.225 e. The quantitative estimate of drug-likeness (QED) is 0.704. The Morgan fingerprint density at radius 3 is 2.26 bits per heavy atom. The van der Waals surface area contributed by atoms with Crippen molar-refractivity contribution in [3.63, 3.8) is 0 Å². The van der Waals surface area contributed by atoms with Gasteiger partial charge in [0.25, 0.3) is 0 Å². The summed E-state index contributed by atoms with van der Waals surface area (Å²) < 4.78 is 40.5. The first-order chi connectivity index (χ1) is 12.9. The fourth-order valence-electron chi connectivity index (χ4n) is 2.38. The molecule has 1 N–H and O–H groups in total. The Hall–Kier alpha value is -2.74. The number of carbonyl (C=O) groups is 1. The molecule has 2 aromatic carbocycles. The van der Waals surface area contributed by atoms with Crippen LogP contribution in [0.15, 0.2) is 47.4 Å². The number of ether oxygens (including phenoxy) is 3. The van der Waals surface area contributed by atoms with E-state index in [1.807, 2.05) is 6.92 Å². The Balaban J connectivity index is 1.98. The summed E-state index contributed by atoms with van der Waals surface area (Å²) in [5.41, 5.74) is 0.576. The van der Waals surface area contributed by atoms with Gasteiger partial charge < -0.3 is 19.5 Å². The fourth-order valence-corrected chi connectivity index (χ4v) is 3.63. The average molecular weight is 393 g/mol. The van der Waals surface area contributed by atoms with Crippen LogP contribution in [0, 0.1) is 0 Å². The molecule has 0 atom stereocenters. The molecule has 2 aromatic rings. The van der Waals surface area contributed by atoms with Crippen LogP contribution < -0.4 is 19.5 Å². The maximum atomic E-state index is 12.5.